The van der Waals surface area contributed by atoms with Gasteiger partial charge in [0.25, 0.3) is 0 Å². The van der Waals surface area contributed by atoms with Crippen LogP contribution in [-0.2, 0) is 4.79 Å². The van der Waals surface area contributed by atoms with Gasteiger partial charge in [0.1, 0.15) is 6.33 Å². The second-order valence-corrected chi connectivity index (χ2v) is 10.1. The number of amides is 3. The van der Waals surface area contributed by atoms with Gasteiger partial charge in [-0.15, -0.1) is 5.10 Å². The number of hydrogen-bond donors (Lipinski definition) is 1. The van der Waals surface area contributed by atoms with Crippen LogP contribution >= 0.6 is 11.8 Å². The van der Waals surface area contributed by atoms with Crippen molar-refractivity contribution in [3.05, 3.63) is 90.3 Å². The predicted molar refractivity (Wildman–Crippen MR) is 153 cm³/mol. The van der Waals surface area contributed by atoms with E-state index >= 15 is 0 Å². The molecule has 2 heterocycles. The second kappa shape index (κ2) is 11.0. The van der Waals surface area contributed by atoms with Crippen LogP contribution in [0.1, 0.15) is 37.3 Å². The summed E-state index contributed by atoms with van der Waals surface area (Å²) in [6.45, 7) is 6.28. The number of amidine groups is 1. The second-order valence-electron chi connectivity index (χ2n) is 9.14. The van der Waals surface area contributed by atoms with Crippen LogP contribution in [0.3, 0.4) is 0 Å². The van der Waals surface area contributed by atoms with Crippen molar-refractivity contribution in [1.29, 1.82) is 0 Å². The molecule has 3 aromatic carbocycles. The zero-order valence-electron chi connectivity index (χ0n) is 21.5. The Labute approximate surface area is 225 Å². The van der Waals surface area contributed by atoms with Gasteiger partial charge in [-0.3, -0.25) is 9.69 Å². The van der Waals surface area contributed by atoms with Crippen molar-refractivity contribution < 1.29 is 9.59 Å². The number of anilines is 2. The molecule has 0 radical (unpaired) electrons. The first-order valence-electron chi connectivity index (χ1n) is 12.5. The number of aliphatic imine (C=N–C) groups is 1. The lowest BCUT2D eigenvalue weighted by molar-refractivity contribution is -0.115. The van der Waals surface area contributed by atoms with E-state index in [9.17, 15) is 9.59 Å². The van der Waals surface area contributed by atoms with Crippen LogP contribution in [0, 0.1) is 6.92 Å². The number of carbonyl (C=O) groups is 2. The normalized spacial score (nSPS) is 15.2. The van der Waals surface area contributed by atoms with Gasteiger partial charge in [0.15, 0.2) is 11.0 Å². The van der Waals surface area contributed by atoms with E-state index in [4.69, 9.17) is 0 Å². The van der Waals surface area contributed by atoms with Gasteiger partial charge >= 0.3 is 6.03 Å². The number of benzene rings is 3. The van der Waals surface area contributed by atoms with Crippen LogP contribution in [0.25, 0.3) is 17.1 Å². The quantitative estimate of drug-likeness (QED) is 0.314. The fourth-order valence-corrected chi connectivity index (χ4v) is 5.03. The molecule has 1 N–H and O–H groups in total. The van der Waals surface area contributed by atoms with Crippen LogP contribution < -0.4 is 10.2 Å². The zero-order valence-corrected chi connectivity index (χ0v) is 22.3. The molecule has 1 saturated heterocycles. The summed E-state index contributed by atoms with van der Waals surface area (Å²) in [6, 6.07) is 22.6. The van der Waals surface area contributed by atoms with Gasteiger partial charge in [-0.1, -0.05) is 61.5 Å². The molecule has 0 bridgehead atoms. The van der Waals surface area contributed by atoms with E-state index in [0.717, 1.165) is 28.9 Å². The number of nitrogens with one attached hydrogen (secondary N) is 1. The summed E-state index contributed by atoms with van der Waals surface area (Å²) in [5, 5.41) is 7.74. The minimum Gasteiger partial charge on any atom is -0.306 e. The maximum absolute atomic E-state index is 12.8. The molecule has 8 nitrogen and oxygen atoms in total. The summed E-state index contributed by atoms with van der Waals surface area (Å²) in [7, 11) is 0. The largest absolute Gasteiger partial charge is 0.347 e. The Hall–Kier alpha value is -4.24. The number of nitrogens with zero attached hydrogens (tertiary/aromatic N) is 5. The molecule has 3 amide bonds. The number of rotatable bonds is 6. The van der Waals surface area contributed by atoms with Crippen molar-refractivity contribution in [3.63, 3.8) is 0 Å². The van der Waals surface area contributed by atoms with Crippen LogP contribution in [0.4, 0.5) is 16.2 Å². The number of thioether (sulfide) groups is 1. The van der Waals surface area contributed by atoms with E-state index in [2.05, 4.69) is 34.2 Å². The van der Waals surface area contributed by atoms with Crippen molar-refractivity contribution in [2.75, 3.05) is 16.0 Å². The van der Waals surface area contributed by atoms with E-state index in [1.54, 1.807) is 28.0 Å². The topological polar surface area (TPSA) is 92.5 Å². The number of aromatic nitrogens is 3. The highest BCUT2D eigenvalue weighted by atomic mass is 32.2. The Morgan fingerprint density at radius 2 is 1.82 bits per heavy atom. The van der Waals surface area contributed by atoms with E-state index in [0.29, 0.717) is 16.7 Å². The van der Waals surface area contributed by atoms with Crippen molar-refractivity contribution in [2.24, 2.45) is 4.99 Å². The van der Waals surface area contributed by atoms with Crippen LogP contribution in [0.5, 0.6) is 0 Å². The monoisotopic (exact) mass is 524 g/mol. The highest BCUT2D eigenvalue weighted by Gasteiger charge is 2.32. The number of urea groups is 1. The molecule has 1 atom stereocenters. The van der Waals surface area contributed by atoms with Gasteiger partial charge in [-0.2, -0.15) is 4.99 Å². The Bertz CT molecular complexity index is 1490. The average molecular weight is 525 g/mol. The third-order valence-electron chi connectivity index (χ3n) is 6.47. The van der Waals surface area contributed by atoms with E-state index in [1.807, 2.05) is 67.6 Å². The maximum atomic E-state index is 12.8. The summed E-state index contributed by atoms with van der Waals surface area (Å²) in [5.41, 5.74) is 5.37. The first kappa shape index (κ1) is 25.4. The number of carbonyl (C=O) groups excluding carboxylic acids is 2. The summed E-state index contributed by atoms with van der Waals surface area (Å²) in [5.74, 6) is 1.02. The molecule has 1 aliphatic rings. The molecule has 0 aliphatic carbocycles. The minimum atomic E-state index is -0.539. The Morgan fingerprint density at radius 1 is 1.08 bits per heavy atom. The average Bonchev–Trinajstić information content (AvgIpc) is 3.56. The molecule has 1 aromatic heterocycles. The fraction of sp³-hybridized carbons (Fsp3) is 0.207. The summed E-state index contributed by atoms with van der Waals surface area (Å²) in [6.07, 6.45) is 2.62. The standard InChI is InChI=1S/C29H28N6O2S/c1-4-20(3)24-7-5-6-8-25(24)35-26(36)17-38-29(35)32-28(37)31-22-13-11-21(12-14-22)27-30-18-34(33-27)23-15-9-19(2)10-16-23/h5-16,18,20H,4,17H2,1-3H3,(H,31,37). The van der Waals surface area contributed by atoms with Crippen LogP contribution in [0.15, 0.2) is 84.1 Å². The first-order valence-corrected chi connectivity index (χ1v) is 13.4. The Morgan fingerprint density at radius 3 is 2.55 bits per heavy atom. The highest BCUT2D eigenvalue weighted by molar-refractivity contribution is 8.15. The van der Waals surface area contributed by atoms with E-state index < -0.39 is 6.03 Å². The van der Waals surface area contributed by atoms with Gasteiger partial charge in [-0.25, -0.2) is 14.5 Å². The molecule has 1 aliphatic heterocycles. The summed E-state index contributed by atoms with van der Waals surface area (Å²) < 4.78 is 1.73. The number of para-hydroxylation sites is 1. The summed E-state index contributed by atoms with van der Waals surface area (Å²) >= 11 is 1.27. The molecule has 1 unspecified atom stereocenters. The zero-order chi connectivity index (χ0) is 26.6. The van der Waals surface area contributed by atoms with Crippen molar-refractivity contribution in [2.45, 2.75) is 33.1 Å². The maximum Gasteiger partial charge on any atom is 0.347 e. The molecule has 0 saturated carbocycles. The predicted octanol–water partition coefficient (Wildman–Crippen LogP) is 6.42. The Kier molecular flexibility index (Phi) is 7.37. The van der Waals surface area contributed by atoms with Crippen molar-refractivity contribution >= 4 is 40.2 Å². The van der Waals surface area contributed by atoms with Gasteiger partial charge in [-0.05, 0) is 67.3 Å². The fourth-order valence-electron chi connectivity index (χ4n) is 4.17. The van der Waals surface area contributed by atoms with Crippen LogP contribution in [0.2, 0.25) is 0 Å². The summed E-state index contributed by atoms with van der Waals surface area (Å²) in [4.78, 5) is 35.7. The molecule has 192 valence electrons. The molecule has 4 aromatic rings. The van der Waals surface area contributed by atoms with E-state index in [-0.39, 0.29) is 17.6 Å². The lowest BCUT2D eigenvalue weighted by Gasteiger charge is -2.22. The lowest BCUT2D eigenvalue weighted by Crippen LogP contribution is -2.31. The molecule has 9 heteroatoms. The number of aryl methyl sites for hydroxylation is 1. The molecular weight excluding hydrogens is 496 g/mol. The molecular formula is C29H28N6O2S. The first-order chi connectivity index (χ1) is 18.4. The molecule has 0 spiro atoms. The lowest BCUT2D eigenvalue weighted by atomic mass is 9.96. The molecule has 38 heavy (non-hydrogen) atoms. The smallest absolute Gasteiger partial charge is 0.306 e. The van der Waals surface area contributed by atoms with E-state index in [1.165, 1.54) is 17.3 Å². The van der Waals surface area contributed by atoms with Gasteiger partial charge in [0, 0.05) is 11.3 Å². The molecule has 1 fully saturated rings. The van der Waals surface area contributed by atoms with Crippen molar-refractivity contribution in [1.82, 2.24) is 14.8 Å². The third kappa shape index (κ3) is 5.38. The third-order valence-corrected chi connectivity index (χ3v) is 7.39. The Balaban J connectivity index is 1.30. The molecule has 5 rings (SSSR count). The van der Waals surface area contributed by atoms with Crippen molar-refractivity contribution in [3.8, 4) is 17.1 Å². The SMILES string of the molecule is CCC(C)c1ccccc1N1C(=O)CSC1=NC(=O)Nc1ccc(-c2ncn(-c3ccc(C)cc3)n2)cc1. The number of hydrogen-bond acceptors (Lipinski definition) is 5. The van der Waals surface area contributed by atoms with Crippen LogP contribution in [-0.4, -0.2) is 37.6 Å². The van der Waals surface area contributed by atoms with Gasteiger partial charge in [0.05, 0.1) is 17.1 Å². The van der Waals surface area contributed by atoms with Gasteiger partial charge in [0.2, 0.25) is 5.91 Å². The highest BCUT2D eigenvalue weighted by Crippen LogP contribution is 2.34. The van der Waals surface area contributed by atoms with Gasteiger partial charge < -0.3 is 5.32 Å². The minimum absolute atomic E-state index is 0.0840.